The zero-order valence-electron chi connectivity index (χ0n) is 14.8. The Morgan fingerprint density at radius 1 is 1.12 bits per heavy atom. The molecule has 0 N–H and O–H groups in total. The van der Waals surface area contributed by atoms with Crippen LogP contribution in [0.3, 0.4) is 0 Å². The highest BCUT2D eigenvalue weighted by atomic mass is 32.2. The van der Waals surface area contributed by atoms with Crippen LogP contribution in [0.25, 0.3) is 11.1 Å². The summed E-state index contributed by atoms with van der Waals surface area (Å²) in [5.74, 6) is 1.45. The molecule has 3 rings (SSSR count). The van der Waals surface area contributed by atoms with Crippen molar-refractivity contribution in [2.24, 2.45) is 0 Å². The third-order valence-electron chi connectivity index (χ3n) is 4.85. The molecule has 25 heavy (non-hydrogen) atoms. The molecule has 0 amide bonds. The molecule has 5 heteroatoms. The quantitative estimate of drug-likeness (QED) is 0.793. The van der Waals surface area contributed by atoms with Crippen LogP contribution in [0.4, 0.5) is 0 Å². The topological polar surface area (TPSA) is 46.6 Å². The molecule has 0 unspecified atom stereocenters. The Labute approximate surface area is 150 Å². The number of benzene rings is 2. The molecule has 2 aromatic carbocycles. The predicted molar refractivity (Wildman–Crippen MR) is 102 cm³/mol. The van der Waals surface area contributed by atoms with Gasteiger partial charge in [-0.1, -0.05) is 37.3 Å². The standard InChI is InChI=1S/C20H25NO3S/c1-3-21(19-10-11-25(22,23)15-19)14-16-6-4-7-17(12-16)18-8-5-9-20(13-18)24-2/h4-9,12-13,19H,3,10-11,14-15H2,1-2H3/t19-/m0/s1. The van der Waals surface area contributed by atoms with Gasteiger partial charge in [-0.25, -0.2) is 8.42 Å². The molecular formula is C20H25NO3S. The molecule has 1 atom stereocenters. The molecule has 1 fully saturated rings. The highest BCUT2D eigenvalue weighted by Crippen LogP contribution is 2.26. The van der Waals surface area contributed by atoms with E-state index in [-0.39, 0.29) is 11.8 Å². The van der Waals surface area contributed by atoms with Crippen molar-refractivity contribution < 1.29 is 13.2 Å². The second kappa shape index (κ2) is 7.58. The first-order chi connectivity index (χ1) is 12.0. The van der Waals surface area contributed by atoms with Gasteiger partial charge in [-0.15, -0.1) is 0 Å². The zero-order chi connectivity index (χ0) is 17.9. The molecule has 1 aliphatic heterocycles. The number of hydrogen-bond donors (Lipinski definition) is 0. The van der Waals surface area contributed by atoms with Crippen LogP contribution in [0.1, 0.15) is 18.9 Å². The van der Waals surface area contributed by atoms with Crippen LogP contribution in [0.15, 0.2) is 48.5 Å². The van der Waals surface area contributed by atoms with Crippen molar-refractivity contribution in [2.45, 2.75) is 25.9 Å². The van der Waals surface area contributed by atoms with Gasteiger partial charge in [0.05, 0.1) is 18.6 Å². The minimum atomic E-state index is -2.86. The van der Waals surface area contributed by atoms with Crippen molar-refractivity contribution in [1.29, 1.82) is 0 Å². The van der Waals surface area contributed by atoms with E-state index in [0.29, 0.717) is 5.75 Å². The number of nitrogens with zero attached hydrogens (tertiary/aromatic N) is 1. The van der Waals surface area contributed by atoms with Gasteiger partial charge >= 0.3 is 0 Å². The number of ether oxygens (including phenoxy) is 1. The van der Waals surface area contributed by atoms with E-state index in [9.17, 15) is 8.42 Å². The highest BCUT2D eigenvalue weighted by Gasteiger charge is 2.31. The molecular weight excluding hydrogens is 334 g/mol. The number of rotatable bonds is 6. The van der Waals surface area contributed by atoms with Crippen LogP contribution in [0.2, 0.25) is 0 Å². The summed E-state index contributed by atoms with van der Waals surface area (Å²) in [6, 6.07) is 16.6. The number of methoxy groups -OCH3 is 1. The van der Waals surface area contributed by atoms with Gasteiger partial charge in [-0.3, -0.25) is 4.90 Å². The Morgan fingerprint density at radius 3 is 2.48 bits per heavy atom. The summed E-state index contributed by atoms with van der Waals surface area (Å²) in [6.45, 7) is 3.72. The van der Waals surface area contributed by atoms with E-state index in [1.807, 2.05) is 18.2 Å². The van der Waals surface area contributed by atoms with E-state index in [1.165, 1.54) is 5.56 Å². The van der Waals surface area contributed by atoms with E-state index >= 15 is 0 Å². The Bertz CT molecular complexity index is 832. The summed E-state index contributed by atoms with van der Waals surface area (Å²) in [5, 5.41) is 0. The van der Waals surface area contributed by atoms with E-state index in [4.69, 9.17) is 4.74 Å². The van der Waals surface area contributed by atoms with Gasteiger partial charge in [0.2, 0.25) is 0 Å². The SMILES string of the molecule is CCN(Cc1cccc(-c2cccc(OC)c2)c1)[C@H]1CCS(=O)(=O)C1. The third kappa shape index (κ3) is 4.41. The first kappa shape index (κ1) is 18.0. The molecule has 0 spiro atoms. The molecule has 0 radical (unpaired) electrons. The second-order valence-corrected chi connectivity index (χ2v) is 8.78. The smallest absolute Gasteiger partial charge is 0.151 e. The normalized spacial score (nSPS) is 19.2. The summed E-state index contributed by atoms with van der Waals surface area (Å²) >= 11 is 0. The molecule has 0 aromatic heterocycles. The molecule has 1 heterocycles. The van der Waals surface area contributed by atoms with Crippen LogP contribution in [0, 0.1) is 0 Å². The van der Waals surface area contributed by atoms with E-state index in [0.717, 1.165) is 36.4 Å². The van der Waals surface area contributed by atoms with Crippen molar-refractivity contribution in [3.05, 3.63) is 54.1 Å². The van der Waals surface area contributed by atoms with Gasteiger partial charge in [-0.2, -0.15) is 0 Å². The predicted octanol–water partition coefficient (Wildman–Crippen LogP) is 3.37. The van der Waals surface area contributed by atoms with Crippen LogP contribution < -0.4 is 4.74 Å². The summed E-state index contributed by atoms with van der Waals surface area (Å²) in [4.78, 5) is 2.27. The maximum atomic E-state index is 11.8. The fourth-order valence-corrected chi connectivity index (χ4v) is 5.21. The van der Waals surface area contributed by atoms with E-state index in [1.54, 1.807) is 7.11 Å². The van der Waals surface area contributed by atoms with Crippen LogP contribution >= 0.6 is 0 Å². The minimum Gasteiger partial charge on any atom is -0.497 e. The lowest BCUT2D eigenvalue weighted by Crippen LogP contribution is -2.35. The van der Waals surface area contributed by atoms with Gasteiger partial charge in [0.1, 0.15) is 5.75 Å². The lowest BCUT2D eigenvalue weighted by Gasteiger charge is -2.26. The lowest BCUT2D eigenvalue weighted by molar-refractivity contribution is 0.215. The van der Waals surface area contributed by atoms with Gasteiger partial charge in [0.25, 0.3) is 0 Å². The van der Waals surface area contributed by atoms with E-state index in [2.05, 4.69) is 42.2 Å². The van der Waals surface area contributed by atoms with Gasteiger partial charge in [-0.05, 0) is 47.9 Å². The Morgan fingerprint density at radius 2 is 1.84 bits per heavy atom. The summed E-state index contributed by atoms with van der Waals surface area (Å²) < 4.78 is 28.9. The van der Waals surface area contributed by atoms with Crippen LogP contribution in [-0.4, -0.2) is 44.5 Å². The maximum absolute atomic E-state index is 11.8. The molecule has 0 aliphatic carbocycles. The number of sulfone groups is 1. The van der Waals surface area contributed by atoms with Crippen molar-refractivity contribution in [1.82, 2.24) is 4.90 Å². The average Bonchev–Trinajstić information content (AvgIpc) is 2.99. The van der Waals surface area contributed by atoms with Gasteiger partial charge in [0, 0.05) is 12.6 Å². The van der Waals surface area contributed by atoms with Gasteiger partial charge in [0.15, 0.2) is 9.84 Å². The van der Waals surface area contributed by atoms with Gasteiger partial charge < -0.3 is 4.74 Å². The molecule has 1 saturated heterocycles. The fraction of sp³-hybridized carbons (Fsp3) is 0.400. The molecule has 0 bridgehead atoms. The molecule has 1 aliphatic rings. The number of hydrogen-bond acceptors (Lipinski definition) is 4. The third-order valence-corrected chi connectivity index (χ3v) is 6.60. The summed E-state index contributed by atoms with van der Waals surface area (Å²) in [6.07, 6.45) is 0.742. The fourth-order valence-electron chi connectivity index (χ4n) is 3.45. The second-order valence-electron chi connectivity index (χ2n) is 6.55. The van der Waals surface area contributed by atoms with E-state index < -0.39 is 9.84 Å². The zero-order valence-corrected chi connectivity index (χ0v) is 15.6. The summed E-state index contributed by atoms with van der Waals surface area (Å²) in [5.41, 5.74) is 3.46. The molecule has 0 saturated carbocycles. The molecule has 134 valence electrons. The van der Waals surface area contributed by atoms with Crippen LogP contribution in [0.5, 0.6) is 5.75 Å². The first-order valence-corrected chi connectivity index (χ1v) is 10.5. The van der Waals surface area contributed by atoms with Crippen molar-refractivity contribution in [3.8, 4) is 16.9 Å². The highest BCUT2D eigenvalue weighted by molar-refractivity contribution is 7.91. The largest absolute Gasteiger partial charge is 0.497 e. The summed E-state index contributed by atoms with van der Waals surface area (Å²) in [7, 11) is -1.19. The lowest BCUT2D eigenvalue weighted by atomic mass is 10.0. The maximum Gasteiger partial charge on any atom is 0.151 e. The van der Waals surface area contributed by atoms with Crippen molar-refractivity contribution >= 4 is 9.84 Å². The van der Waals surface area contributed by atoms with Crippen molar-refractivity contribution in [3.63, 3.8) is 0 Å². The first-order valence-electron chi connectivity index (χ1n) is 8.68. The molecule has 4 nitrogen and oxygen atoms in total. The van der Waals surface area contributed by atoms with Crippen molar-refractivity contribution in [2.75, 3.05) is 25.2 Å². The Kier molecular flexibility index (Phi) is 5.45. The monoisotopic (exact) mass is 359 g/mol. The Hall–Kier alpha value is -1.85. The Balaban J connectivity index is 1.79. The minimum absolute atomic E-state index is 0.135. The average molecular weight is 359 g/mol. The van der Waals surface area contributed by atoms with Crippen LogP contribution in [-0.2, 0) is 16.4 Å². The molecule has 2 aromatic rings.